The smallest absolute Gasteiger partial charge is 0.107 e. The highest BCUT2D eigenvalue weighted by Gasteiger charge is 2.39. The van der Waals surface area contributed by atoms with Crippen molar-refractivity contribution >= 4 is 0 Å². The van der Waals surface area contributed by atoms with E-state index in [-0.39, 0.29) is 6.23 Å². The minimum atomic E-state index is -0.199. The van der Waals surface area contributed by atoms with Gasteiger partial charge in [-0.05, 0) is 25.3 Å². The van der Waals surface area contributed by atoms with Gasteiger partial charge in [0, 0.05) is 6.04 Å². The van der Waals surface area contributed by atoms with E-state index in [4.69, 9.17) is 0 Å². The Morgan fingerprint density at radius 3 is 2.42 bits per heavy atom. The van der Waals surface area contributed by atoms with E-state index in [0.29, 0.717) is 6.04 Å². The summed E-state index contributed by atoms with van der Waals surface area (Å²) in [4.78, 5) is 2.23. The Kier molecular flexibility index (Phi) is 3.53. The van der Waals surface area contributed by atoms with Gasteiger partial charge in [-0.2, -0.15) is 0 Å². The lowest BCUT2D eigenvalue weighted by Gasteiger charge is -2.26. The van der Waals surface area contributed by atoms with Crippen molar-refractivity contribution in [2.75, 3.05) is 6.54 Å². The van der Waals surface area contributed by atoms with Gasteiger partial charge in [-0.3, -0.25) is 4.90 Å². The highest BCUT2D eigenvalue weighted by Crippen LogP contribution is 2.36. The average Bonchev–Trinajstić information content (AvgIpc) is 2.69. The van der Waals surface area contributed by atoms with Crippen LogP contribution in [-0.2, 0) is 0 Å². The summed E-state index contributed by atoms with van der Waals surface area (Å²) >= 11 is 0. The van der Waals surface area contributed by atoms with Crippen molar-refractivity contribution in [1.82, 2.24) is 4.90 Å². The van der Waals surface area contributed by atoms with Crippen LogP contribution < -0.4 is 0 Å². The number of hydrogen-bond donors (Lipinski definition) is 1. The molecular formula is C10H21NO. The molecule has 1 rings (SSSR count). The van der Waals surface area contributed by atoms with Gasteiger partial charge in [-0.1, -0.05) is 27.2 Å². The van der Waals surface area contributed by atoms with E-state index in [9.17, 15) is 5.11 Å². The lowest BCUT2D eigenvalue weighted by Crippen LogP contribution is -2.37. The first-order valence-electron chi connectivity index (χ1n) is 5.14. The molecule has 3 unspecified atom stereocenters. The van der Waals surface area contributed by atoms with Gasteiger partial charge >= 0.3 is 0 Å². The van der Waals surface area contributed by atoms with Crippen LogP contribution in [0.2, 0.25) is 0 Å². The summed E-state index contributed by atoms with van der Waals surface area (Å²) in [5, 5.41) is 9.76. The maximum absolute atomic E-state index is 9.76. The zero-order chi connectivity index (χ0) is 9.14. The summed E-state index contributed by atoms with van der Waals surface area (Å²) < 4.78 is 0. The number of nitrogens with zero attached hydrogens (tertiary/aromatic N) is 1. The van der Waals surface area contributed by atoms with E-state index < -0.39 is 0 Å². The van der Waals surface area contributed by atoms with Crippen molar-refractivity contribution in [3.05, 3.63) is 0 Å². The normalized spacial score (nSPS) is 30.8. The highest BCUT2D eigenvalue weighted by molar-refractivity contribution is 4.92. The first-order valence-corrected chi connectivity index (χ1v) is 5.14. The van der Waals surface area contributed by atoms with Gasteiger partial charge < -0.3 is 5.11 Å². The molecule has 1 aliphatic carbocycles. The third-order valence-electron chi connectivity index (χ3n) is 2.79. The van der Waals surface area contributed by atoms with E-state index in [2.05, 4.69) is 25.7 Å². The lowest BCUT2D eigenvalue weighted by molar-refractivity contribution is -0.00783. The number of hydrogen-bond acceptors (Lipinski definition) is 2. The van der Waals surface area contributed by atoms with Crippen LogP contribution in [0.15, 0.2) is 0 Å². The van der Waals surface area contributed by atoms with Crippen LogP contribution in [-0.4, -0.2) is 28.8 Å². The number of aliphatic hydroxyl groups is 1. The predicted octanol–water partition coefficient (Wildman–Crippen LogP) is 1.84. The van der Waals surface area contributed by atoms with Crippen molar-refractivity contribution in [2.24, 2.45) is 5.92 Å². The predicted molar refractivity (Wildman–Crippen MR) is 50.9 cm³/mol. The van der Waals surface area contributed by atoms with Crippen molar-refractivity contribution in [3.63, 3.8) is 0 Å². The molecule has 0 aromatic carbocycles. The Morgan fingerprint density at radius 1 is 1.50 bits per heavy atom. The number of rotatable bonds is 5. The maximum Gasteiger partial charge on any atom is 0.107 e. The fourth-order valence-electron chi connectivity index (χ4n) is 1.85. The molecule has 0 heterocycles. The molecule has 72 valence electrons. The molecule has 0 amide bonds. The highest BCUT2D eigenvalue weighted by atomic mass is 16.3. The Hall–Kier alpha value is -0.0800. The minimum absolute atomic E-state index is 0.199. The van der Waals surface area contributed by atoms with Crippen LogP contribution >= 0.6 is 0 Å². The van der Waals surface area contributed by atoms with E-state index >= 15 is 0 Å². The summed E-state index contributed by atoms with van der Waals surface area (Å²) in [5.41, 5.74) is 0. The lowest BCUT2D eigenvalue weighted by atomic mass is 10.2. The SMILES string of the molecule is CCCC(O)N(CC)C1CC1C. The molecule has 2 heteroatoms. The third-order valence-corrected chi connectivity index (χ3v) is 2.79. The standard InChI is InChI=1S/C10H21NO/c1-4-6-10(12)11(5-2)9-7-8(9)3/h8-10,12H,4-7H2,1-3H3. The van der Waals surface area contributed by atoms with E-state index in [0.717, 1.165) is 25.3 Å². The molecule has 12 heavy (non-hydrogen) atoms. The van der Waals surface area contributed by atoms with Gasteiger partial charge in [-0.25, -0.2) is 0 Å². The first-order chi connectivity index (χ1) is 5.70. The molecule has 1 fully saturated rings. The maximum atomic E-state index is 9.76. The van der Waals surface area contributed by atoms with Gasteiger partial charge in [0.05, 0.1) is 0 Å². The Labute approximate surface area is 75.6 Å². The van der Waals surface area contributed by atoms with Crippen molar-refractivity contribution in [3.8, 4) is 0 Å². The second-order valence-corrected chi connectivity index (χ2v) is 3.88. The summed E-state index contributed by atoms with van der Waals surface area (Å²) in [5.74, 6) is 0.802. The van der Waals surface area contributed by atoms with Crippen molar-refractivity contribution in [2.45, 2.75) is 52.3 Å². The third kappa shape index (κ3) is 2.20. The number of aliphatic hydroxyl groups excluding tert-OH is 1. The van der Waals surface area contributed by atoms with E-state index in [1.165, 1.54) is 6.42 Å². The monoisotopic (exact) mass is 171 g/mol. The Morgan fingerprint density at radius 2 is 2.08 bits per heavy atom. The van der Waals surface area contributed by atoms with Gasteiger partial charge in [-0.15, -0.1) is 0 Å². The van der Waals surface area contributed by atoms with Crippen LogP contribution in [0.3, 0.4) is 0 Å². The second kappa shape index (κ2) is 4.24. The average molecular weight is 171 g/mol. The second-order valence-electron chi connectivity index (χ2n) is 3.88. The molecule has 0 radical (unpaired) electrons. The summed E-state index contributed by atoms with van der Waals surface area (Å²) in [6.45, 7) is 7.49. The summed E-state index contributed by atoms with van der Waals surface area (Å²) in [6.07, 6.45) is 3.06. The molecule has 0 spiro atoms. The van der Waals surface area contributed by atoms with Crippen molar-refractivity contribution in [1.29, 1.82) is 0 Å². The van der Waals surface area contributed by atoms with Crippen molar-refractivity contribution < 1.29 is 5.11 Å². The molecule has 0 aromatic heterocycles. The quantitative estimate of drug-likeness (QED) is 0.638. The van der Waals surface area contributed by atoms with Crippen LogP contribution in [0.4, 0.5) is 0 Å². The fourth-order valence-corrected chi connectivity index (χ4v) is 1.85. The zero-order valence-electron chi connectivity index (χ0n) is 8.45. The van der Waals surface area contributed by atoms with Crippen LogP contribution in [0.5, 0.6) is 0 Å². The summed E-state index contributed by atoms with van der Waals surface area (Å²) in [6, 6.07) is 0.663. The molecule has 2 nitrogen and oxygen atoms in total. The summed E-state index contributed by atoms with van der Waals surface area (Å²) in [7, 11) is 0. The van der Waals surface area contributed by atoms with Crippen LogP contribution in [0.25, 0.3) is 0 Å². The molecule has 0 bridgehead atoms. The van der Waals surface area contributed by atoms with Crippen LogP contribution in [0, 0.1) is 5.92 Å². The molecule has 1 saturated carbocycles. The largest absolute Gasteiger partial charge is 0.378 e. The Balaban J connectivity index is 2.33. The van der Waals surface area contributed by atoms with Gasteiger partial charge in [0.1, 0.15) is 6.23 Å². The van der Waals surface area contributed by atoms with E-state index in [1.807, 2.05) is 0 Å². The zero-order valence-corrected chi connectivity index (χ0v) is 8.45. The van der Waals surface area contributed by atoms with Gasteiger partial charge in [0.2, 0.25) is 0 Å². The topological polar surface area (TPSA) is 23.5 Å². The molecule has 0 aromatic rings. The molecule has 1 aliphatic rings. The molecule has 1 N–H and O–H groups in total. The molecular weight excluding hydrogens is 150 g/mol. The fraction of sp³-hybridized carbons (Fsp3) is 1.00. The van der Waals surface area contributed by atoms with Crippen LogP contribution in [0.1, 0.15) is 40.0 Å². The molecule has 0 saturated heterocycles. The van der Waals surface area contributed by atoms with Gasteiger partial charge in [0.25, 0.3) is 0 Å². The Bertz CT molecular complexity index is 138. The van der Waals surface area contributed by atoms with E-state index in [1.54, 1.807) is 0 Å². The molecule has 3 atom stereocenters. The minimum Gasteiger partial charge on any atom is -0.378 e. The first kappa shape index (κ1) is 10.0. The molecule has 0 aliphatic heterocycles. The van der Waals surface area contributed by atoms with Gasteiger partial charge in [0.15, 0.2) is 0 Å².